The molecule has 1 heterocycles. The summed E-state index contributed by atoms with van der Waals surface area (Å²) in [5.74, 6) is 0.229. The van der Waals surface area contributed by atoms with Crippen LogP contribution in [-0.2, 0) is 4.79 Å². The van der Waals surface area contributed by atoms with E-state index in [1.54, 1.807) is 12.1 Å². The van der Waals surface area contributed by atoms with Gasteiger partial charge >= 0.3 is 0 Å². The minimum atomic E-state index is -1.04. The van der Waals surface area contributed by atoms with Gasteiger partial charge in [0.1, 0.15) is 11.9 Å². The SMILES string of the molecule is CC(O)C(=O)Nc1ccc(Nc2ccccc2)nc1. The fourth-order valence-corrected chi connectivity index (χ4v) is 1.46. The van der Waals surface area contributed by atoms with E-state index in [9.17, 15) is 4.79 Å². The van der Waals surface area contributed by atoms with Crippen LogP contribution in [0, 0.1) is 0 Å². The monoisotopic (exact) mass is 257 g/mol. The highest BCUT2D eigenvalue weighted by Gasteiger charge is 2.08. The first kappa shape index (κ1) is 13.0. The summed E-state index contributed by atoms with van der Waals surface area (Å²) < 4.78 is 0. The van der Waals surface area contributed by atoms with Gasteiger partial charge in [0.2, 0.25) is 0 Å². The van der Waals surface area contributed by atoms with Crippen molar-refractivity contribution in [2.45, 2.75) is 13.0 Å². The number of hydrogen-bond donors (Lipinski definition) is 3. The van der Waals surface area contributed by atoms with Crippen molar-refractivity contribution in [3.8, 4) is 0 Å². The topological polar surface area (TPSA) is 74.2 Å². The van der Waals surface area contributed by atoms with Crippen LogP contribution >= 0.6 is 0 Å². The first-order chi connectivity index (χ1) is 9.15. The lowest BCUT2D eigenvalue weighted by atomic mass is 10.3. The highest BCUT2D eigenvalue weighted by atomic mass is 16.3. The fourth-order valence-electron chi connectivity index (χ4n) is 1.46. The van der Waals surface area contributed by atoms with Gasteiger partial charge in [-0.3, -0.25) is 4.79 Å². The molecule has 3 N–H and O–H groups in total. The van der Waals surface area contributed by atoms with Gasteiger partial charge in [0.05, 0.1) is 11.9 Å². The van der Waals surface area contributed by atoms with Crippen molar-refractivity contribution in [3.63, 3.8) is 0 Å². The van der Waals surface area contributed by atoms with Crippen LogP contribution < -0.4 is 10.6 Å². The predicted octanol–water partition coefficient (Wildman–Crippen LogP) is 2.14. The zero-order chi connectivity index (χ0) is 13.7. The van der Waals surface area contributed by atoms with Crippen molar-refractivity contribution in [2.75, 3.05) is 10.6 Å². The lowest BCUT2D eigenvalue weighted by Gasteiger charge is -2.08. The number of pyridine rings is 1. The largest absolute Gasteiger partial charge is 0.384 e. The molecule has 0 aliphatic rings. The smallest absolute Gasteiger partial charge is 0.252 e. The number of aliphatic hydroxyl groups is 1. The molecule has 0 aliphatic carbocycles. The lowest BCUT2D eigenvalue weighted by molar-refractivity contribution is -0.123. The molecule has 5 nitrogen and oxygen atoms in total. The Kier molecular flexibility index (Phi) is 4.10. The number of para-hydroxylation sites is 1. The van der Waals surface area contributed by atoms with Gasteiger partial charge in [-0.05, 0) is 31.2 Å². The second-order valence-electron chi connectivity index (χ2n) is 4.09. The van der Waals surface area contributed by atoms with Crippen LogP contribution in [0.25, 0.3) is 0 Å². The van der Waals surface area contributed by atoms with E-state index in [0.717, 1.165) is 5.69 Å². The maximum absolute atomic E-state index is 11.3. The number of nitrogens with one attached hydrogen (secondary N) is 2. The van der Waals surface area contributed by atoms with Crippen LogP contribution in [0.15, 0.2) is 48.7 Å². The number of anilines is 3. The van der Waals surface area contributed by atoms with Crippen molar-refractivity contribution in [1.82, 2.24) is 4.98 Å². The quantitative estimate of drug-likeness (QED) is 0.784. The number of hydrogen-bond acceptors (Lipinski definition) is 4. The van der Waals surface area contributed by atoms with Gasteiger partial charge in [0.25, 0.3) is 5.91 Å². The van der Waals surface area contributed by atoms with E-state index in [0.29, 0.717) is 11.5 Å². The van der Waals surface area contributed by atoms with Gasteiger partial charge in [-0.1, -0.05) is 18.2 Å². The number of benzene rings is 1. The van der Waals surface area contributed by atoms with E-state index in [2.05, 4.69) is 15.6 Å². The van der Waals surface area contributed by atoms with E-state index in [1.807, 2.05) is 30.3 Å². The molecule has 1 atom stereocenters. The van der Waals surface area contributed by atoms with E-state index in [1.165, 1.54) is 13.1 Å². The second-order valence-corrected chi connectivity index (χ2v) is 4.09. The van der Waals surface area contributed by atoms with Crippen molar-refractivity contribution in [2.24, 2.45) is 0 Å². The Morgan fingerprint density at radius 1 is 1.16 bits per heavy atom. The average molecular weight is 257 g/mol. The third kappa shape index (κ3) is 3.79. The summed E-state index contributed by atoms with van der Waals surface area (Å²) in [6.45, 7) is 1.41. The Hall–Kier alpha value is -2.40. The van der Waals surface area contributed by atoms with Crippen LogP contribution in [0.4, 0.5) is 17.2 Å². The molecule has 98 valence electrons. The number of nitrogens with zero attached hydrogens (tertiary/aromatic N) is 1. The maximum atomic E-state index is 11.3. The number of carbonyl (C=O) groups is 1. The van der Waals surface area contributed by atoms with E-state index >= 15 is 0 Å². The van der Waals surface area contributed by atoms with Gasteiger partial charge in [-0.25, -0.2) is 4.98 Å². The molecule has 0 spiro atoms. The molecule has 1 amide bonds. The molecule has 1 unspecified atom stereocenters. The fraction of sp³-hybridized carbons (Fsp3) is 0.143. The summed E-state index contributed by atoms with van der Waals surface area (Å²) in [5.41, 5.74) is 1.49. The lowest BCUT2D eigenvalue weighted by Crippen LogP contribution is -2.24. The van der Waals surface area contributed by atoms with Gasteiger partial charge in [-0.2, -0.15) is 0 Å². The van der Waals surface area contributed by atoms with Gasteiger partial charge < -0.3 is 15.7 Å². The Morgan fingerprint density at radius 2 is 1.89 bits per heavy atom. The van der Waals surface area contributed by atoms with Crippen LogP contribution in [0.3, 0.4) is 0 Å². The summed E-state index contributed by atoms with van der Waals surface area (Å²) in [4.78, 5) is 15.5. The summed E-state index contributed by atoms with van der Waals surface area (Å²) in [6, 6.07) is 13.1. The molecule has 2 aromatic rings. The maximum Gasteiger partial charge on any atom is 0.252 e. The number of amides is 1. The number of aromatic nitrogens is 1. The van der Waals surface area contributed by atoms with Crippen molar-refractivity contribution in [3.05, 3.63) is 48.7 Å². The molecule has 0 bridgehead atoms. The molecule has 0 aliphatic heterocycles. The van der Waals surface area contributed by atoms with Crippen molar-refractivity contribution in [1.29, 1.82) is 0 Å². The Bertz CT molecular complexity index is 538. The first-order valence-corrected chi connectivity index (χ1v) is 5.92. The molecule has 1 aromatic carbocycles. The molecule has 2 rings (SSSR count). The van der Waals surface area contributed by atoms with E-state index in [-0.39, 0.29) is 0 Å². The summed E-state index contributed by atoms with van der Waals surface area (Å²) in [6.07, 6.45) is 0.494. The zero-order valence-electron chi connectivity index (χ0n) is 10.5. The number of aliphatic hydroxyl groups excluding tert-OH is 1. The number of rotatable bonds is 4. The van der Waals surface area contributed by atoms with Crippen LogP contribution in [0.2, 0.25) is 0 Å². The summed E-state index contributed by atoms with van der Waals surface area (Å²) in [5, 5.41) is 14.8. The third-order valence-corrected chi connectivity index (χ3v) is 2.46. The minimum absolute atomic E-state index is 0.453. The molecular weight excluding hydrogens is 242 g/mol. The molecule has 0 radical (unpaired) electrons. The zero-order valence-corrected chi connectivity index (χ0v) is 10.5. The second kappa shape index (κ2) is 5.97. The van der Waals surface area contributed by atoms with Gasteiger partial charge in [-0.15, -0.1) is 0 Å². The van der Waals surface area contributed by atoms with Gasteiger partial charge in [0.15, 0.2) is 0 Å². The first-order valence-electron chi connectivity index (χ1n) is 5.92. The Labute approximate surface area is 111 Å². The minimum Gasteiger partial charge on any atom is -0.384 e. The van der Waals surface area contributed by atoms with Gasteiger partial charge in [0, 0.05) is 5.69 Å². The Morgan fingerprint density at radius 3 is 2.47 bits per heavy atom. The normalized spacial score (nSPS) is 11.7. The van der Waals surface area contributed by atoms with Crippen molar-refractivity contribution < 1.29 is 9.90 Å². The molecular formula is C14H15N3O2. The van der Waals surface area contributed by atoms with Crippen LogP contribution in [0.1, 0.15) is 6.92 Å². The Balaban J connectivity index is 2.01. The molecule has 0 saturated heterocycles. The molecule has 0 fully saturated rings. The molecule has 1 aromatic heterocycles. The van der Waals surface area contributed by atoms with Crippen LogP contribution in [-0.4, -0.2) is 22.1 Å². The molecule has 5 heteroatoms. The third-order valence-electron chi connectivity index (χ3n) is 2.46. The standard InChI is InChI=1S/C14H15N3O2/c1-10(18)14(19)17-12-7-8-13(15-9-12)16-11-5-3-2-4-6-11/h2-10,18H,1H3,(H,15,16)(H,17,19). The average Bonchev–Trinajstić information content (AvgIpc) is 2.42. The van der Waals surface area contributed by atoms with E-state index < -0.39 is 12.0 Å². The predicted molar refractivity (Wildman–Crippen MR) is 74.3 cm³/mol. The van der Waals surface area contributed by atoms with E-state index in [4.69, 9.17) is 5.11 Å². The molecule has 0 saturated carbocycles. The summed E-state index contributed by atoms with van der Waals surface area (Å²) in [7, 11) is 0. The number of carbonyl (C=O) groups excluding carboxylic acids is 1. The summed E-state index contributed by atoms with van der Waals surface area (Å²) >= 11 is 0. The van der Waals surface area contributed by atoms with Crippen molar-refractivity contribution >= 4 is 23.1 Å². The van der Waals surface area contributed by atoms with Crippen LogP contribution in [0.5, 0.6) is 0 Å². The molecule has 19 heavy (non-hydrogen) atoms. The highest BCUT2D eigenvalue weighted by molar-refractivity contribution is 5.93. The highest BCUT2D eigenvalue weighted by Crippen LogP contribution is 2.15.